The van der Waals surface area contributed by atoms with Gasteiger partial charge in [0.2, 0.25) is 0 Å². The van der Waals surface area contributed by atoms with E-state index in [1.54, 1.807) is 0 Å². The van der Waals surface area contributed by atoms with Crippen LogP contribution in [0.25, 0.3) is 0 Å². The van der Waals surface area contributed by atoms with Crippen LogP contribution in [0.1, 0.15) is 6.42 Å². The van der Waals surface area contributed by atoms with E-state index in [4.69, 9.17) is 6.42 Å². The second-order valence-electron chi connectivity index (χ2n) is 2.21. The van der Waals surface area contributed by atoms with Gasteiger partial charge in [-0.1, -0.05) is 5.92 Å². The van der Waals surface area contributed by atoms with Crippen LogP contribution in [0.5, 0.6) is 0 Å². The van der Waals surface area contributed by atoms with Crippen LogP contribution in [0.4, 0.5) is 13.2 Å². The maximum Gasteiger partial charge on any atom is 0.189 e. The first kappa shape index (κ1) is 7.93. The largest absolute Gasteiger partial charge is 0.208 e. The molecule has 0 aromatic heterocycles. The second kappa shape index (κ2) is 2.83. The molecule has 0 aromatic rings. The molecule has 11 heavy (non-hydrogen) atoms. The highest BCUT2D eigenvalue weighted by molar-refractivity contribution is 5.30. The van der Waals surface area contributed by atoms with Crippen LogP contribution < -0.4 is 0 Å². The molecule has 0 aromatic carbocycles. The lowest BCUT2D eigenvalue weighted by molar-refractivity contribution is 0.446. The van der Waals surface area contributed by atoms with Gasteiger partial charge >= 0.3 is 0 Å². The van der Waals surface area contributed by atoms with Gasteiger partial charge in [0, 0.05) is 12.3 Å². The SMILES string of the molecule is C#CC1C=C(F)C(F)=C(F)C1. The van der Waals surface area contributed by atoms with Crippen molar-refractivity contribution in [2.45, 2.75) is 6.42 Å². The van der Waals surface area contributed by atoms with Gasteiger partial charge in [-0.05, 0) is 6.08 Å². The molecule has 0 fully saturated rings. The fourth-order valence-corrected chi connectivity index (χ4v) is 0.828. The van der Waals surface area contributed by atoms with Gasteiger partial charge < -0.3 is 0 Å². The van der Waals surface area contributed by atoms with Crippen molar-refractivity contribution in [1.82, 2.24) is 0 Å². The zero-order valence-corrected chi connectivity index (χ0v) is 5.57. The summed E-state index contributed by atoms with van der Waals surface area (Å²) in [7, 11) is 0. The minimum atomic E-state index is -1.42. The third-order valence-corrected chi connectivity index (χ3v) is 1.41. The summed E-state index contributed by atoms with van der Waals surface area (Å²) in [5.41, 5.74) is 0. The number of allylic oxidation sites excluding steroid dienone is 4. The predicted octanol–water partition coefficient (Wildman–Crippen LogP) is 2.64. The van der Waals surface area contributed by atoms with Gasteiger partial charge in [-0.2, -0.15) is 0 Å². The van der Waals surface area contributed by atoms with Gasteiger partial charge in [-0.25, -0.2) is 13.2 Å². The quantitative estimate of drug-likeness (QED) is 0.475. The van der Waals surface area contributed by atoms with E-state index in [9.17, 15) is 13.2 Å². The highest BCUT2D eigenvalue weighted by Gasteiger charge is 2.21. The van der Waals surface area contributed by atoms with Crippen molar-refractivity contribution >= 4 is 0 Å². The minimum absolute atomic E-state index is 0.240. The molecular weight excluding hydrogens is 153 g/mol. The summed E-state index contributed by atoms with van der Waals surface area (Å²) in [6, 6.07) is 0. The Balaban J connectivity index is 2.93. The molecule has 1 aliphatic rings. The average molecular weight is 158 g/mol. The van der Waals surface area contributed by atoms with E-state index < -0.39 is 23.4 Å². The lowest BCUT2D eigenvalue weighted by Gasteiger charge is -2.09. The molecule has 0 saturated heterocycles. The molecule has 0 spiro atoms. The van der Waals surface area contributed by atoms with E-state index in [1.165, 1.54) is 0 Å². The molecule has 1 unspecified atom stereocenters. The average Bonchev–Trinajstić information content (AvgIpc) is 1.99. The van der Waals surface area contributed by atoms with Crippen molar-refractivity contribution in [1.29, 1.82) is 0 Å². The molecular formula is C8H5F3. The molecule has 0 heterocycles. The molecule has 0 bridgehead atoms. The molecule has 1 atom stereocenters. The molecule has 0 aliphatic heterocycles. The van der Waals surface area contributed by atoms with Crippen LogP contribution in [0.2, 0.25) is 0 Å². The van der Waals surface area contributed by atoms with Crippen molar-refractivity contribution in [2.24, 2.45) is 5.92 Å². The Hall–Kier alpha value is -1.17. The molecule has 0 radical (unpaired) electrons. The molecule has 0 amide bonds. The molecule has 3 heteroatoms. The van der Waals surface area contributed by atoms with Gasteiger partial charge in [0.05, 0.1) is 0 Å². The Morgan fingerprint density at radius 2 is 2.09 bits per heavy atom. The minimum Gasteiger partial charge on any atom is -0.208 e. The Morgan fingerprint density at radius 1 is 1.45 bits per heavy atom. The molecule has 1 rings (SSSR count). The van der Waals surface area contributed by atoms with Crippen LogP contribution in [0, 0.1) is 18.3 Å². The molecule has 1 aliphatic carbocycles. The van der Waals surface area contributed by atoms with E-state index in [1.807, 2.05) is 0 Å². The Labute approximate surface area is 62.4 Å². The molecule has 0 nitrogen and oxygen atoms in total. The third kappa shape index (κ3) is 1.45. The summed E-state index contributed by atoms with van der Waals surface area (Å²) in [6.45, 7) is 0. The normalized spacial score (nSPS) is 24.5. The van der Waals surface area contributed by atoms with Crippen LogP contribution >= 0.6 is 0 Å². The molecule has 0 N–H and O–H groups in total. The zero-order valence-electron chi connectivity index (χ0n) is 5.57. The summed E-state index contributed by atoms with van der Waals surface area (Å²) in [5, 5.41) is 0. The summed E-state index contributed by atoms with van der Waals surface area (Å²) in [5.74, 6) is -2.25. The van der Waals surface area contributed by atoms with Gasteiger partial charge in [0.1, 0.15) is 5.83 Å². The topological polar surface area (TPSA) is 0 Å². The van der Waals surface area contributed by atoms with E-state index in [0.29, 0.717) is 0 Å². The number of hydrogen-bond donors (Lipinski definition) is 0. The summed E-state index contributed by atoms with van der Waals surface area (Å²) >= 11 is 0. The van der Waals surface area contributed by atoms with Crippen molar-refractivity contribution in [3.05, 3.63) is 23.6 Å². The monoisotopic (exact) mass is 158 g/mol. The smallest absolute Gasteiger partial charge is 0.189 e. The standard InChI is InChI=1S/C8H5F3/c1-2-5-3-6(9)8(11)7(10)4-5/h1,3,5H,4H2. The van der Waals surface area contributed by atoms with Gasteiger partial charge in [0.25, 0.3) is 0 Å². The van der Waals surface area contributed by atoms with Crippen molar-refractivity contribution in [3.63, 3.8) is 0 Å². The summed E-state index contributed by atoms with van der Waals surface area (Å²) < 4.78 is 37.0. The van der Waals surface area contributed by atoms with Crippen molar-refractivity contribution in [3.8, 4) is 12.3 Å². The van der Waals surface area contributed by atoms with Crippen LogP contribution in [0.15, 0.2) is 23.6 Å². The highest BCUT2D eigenvalue weighted by Crippen LogP contribution is 2.30. The first-order valence-corrected chi connectivity index (χ1v) is 3.03. The van der Waals surface area contributed by atoms with E-state index in [2.05, 4.69) is 5.92 Å². The maximum absolute atomic E-state index is 12.4. The van der Waals surface area contributed by atoms with Gasteiger partial charge in [0.15, 0.2) is 11.7 Å². The third-order valence-electron chi connectivity index (χ3n) is 1.41. The number of hydrogen-bond acceptors (Lipinski definition) is 0. The van der Waals surface area contributed by atoms with Gasteiger partial charge in [-0.15, -0.1) is 6.42 Å². The van der Waals surface area contributed by atoms with Crippen LogP contribution in [-0.2, 0) is 0 Å². The fraction of sp³-hybridized carbons (Fsp3) is 0.250. The Bertz CT molecular complexity index is 268. The molecule has 58 valence electrons. The first-order valence-electron chi connectivity index (χ1n) is 3.03. The lowest BCUT2D eigenvalue weighted by atomic mass is 10.00. The first-order chi connectivity index (χ1) is 5.15. The number of rotatable bonds is 0. The zero-order chi connectivity index (χ0) is 8.43. The van der Waals surface area contributed by atoms with E-state index >= 15 is 0 Å². The number of terminal acetylenes is 1. The van der Waals surface area contributed by atoms with Crippen LogP contribution in [0.3, 0.4) is 0 Å². The van der Waals surface area contributed by atoms with E-state index in [0.717, 1.165) is 6.08 Å². The second-order valence-corrected chi connectivity index (χ2v) is 2.21. The Morgan fingerprint density at radius 3 is 2.55 bits per heavy atom. The van der Waals surface area contributed by atoms with Crippen LogP contribution in [-0.4, -0.2) is 0 Å². The molecule has 0 saturated carbocycles. The highest BCUT2D eigenvalue weighted by atomic mass is 19.2. The van der Waals surface area contributed by atoms with Gasteiger partial charge in [-0.3, -0.25) is 0 Å². The summed E-state index contributed by atoms with van der Waals surface area (Å²) in [4.78, 5) is 0. The maximum atomic E-state index is 12.4. The lowest BCUT2D eigenvalue weighted by Crippen LogP contribution is -2.01. The van der Waals surface area contributed by atoms with Crippen molar-refractivity contribution in [2.75, 3.05) is 0 Å². The Kier molecular flexibility index (Phi) is 2.04. The van der Waals surface area contributed by atoms with E-state index in [-0.39, 0.29) is 6.42 Å². The van der Waals surface area contributed by atoms with Crippen molar-refractivity contribution < 1.29 is 13.2 Å². The fourth-order valence-electron chi connectivity index (χ4n) is 0.828. The predicted molar refractivity (Wildman–Crippen MR) is 35.4 cm³/mol. The summed E-state index contributed by atoms with van der Waals surface area (Å²) in [6.07, 6.45) is 5.56. The number of halogens is 3.